The average molecular weight is 329 g/mol. The number of nitrogens with one attached hydrogen (secondary N) is 2. The van der Waals surface area contributed by atoms with Gasteiger partial charge in [0.2, 0.25) is 5.13 Å². The van der Waals surface area contributed by atoms with Crippen molar-refractivity contribution in [3.63, 3.8) is 0 Å². The molecule has 2 N–H and O–H groups in total. The fourth-order valence-electron chi connectivity index (χ4n) is 1.57. The van der Waals surface area contributed by atoms with Crippen molar-refractivity contribution in [2.24, 2.45) is 0 Å². The fraction of sp³-hybridized carbons (Fsp3) is 0.231. The highest BCUT2D eigenvalue weighted by Gasteiger charge is 2.04. The van der Waals surface area contributed by atoms with E-state index < -0.39 is 0 Å². The Bertz CT molecular complexity index is 625. The van der Waals surface area contributed by atoms with Crippen LogP contribution in [0.5, 0.6) is 0 Å². The molecule has 7 heteroatoms. The smallest absolute Gasteiger partial charge is 0.207 e. The summed E-state index contributed by atoms with van der Waals surface area (Å²) < 4.78 is 4.27. The zero-order chi connectivity index (χ0) is 14.5. The summed E-state index contributed by atoms with van der Waals surface area (Å²) in [4.78, 5) is 4.38. The van der Waals surface area contributed by atoms with Crippen LogP contribution < -0.4 is 10.6 Å². The monoisotopic (exact) mass is 328 g/mol. The van der Waals surface area contributed by atoms with Gasteiger partial charge in [-0.25, -0.2) is 0 Å². The van der Waals surface area contributed by atoms with Gasteiger partial charge in [0.1, 0.15) is 0 Å². The number of anilines is 2. The number of aromatic nitrogens is 2. The van der Waals surface area contributed by atoms with Crippen molar-refractivity contribution in [2.45, 2.75) is 13.8 Å². The van der Waals surface area contributed by atoms with Gasteiger partial charge in [0, 0.05) is 35.5 Å². The number of nitrogens with zero attached hydrogens (tertiary/aromatic N) is 2. The zero-order valence-corrected chi connectivity index (χ0v) is 13.4. The molecule has 1 aromatic carbocycles. The third-order valence-electron chi connectivity index (χ3n) is 2.41. The van der Waals surface area contributed by atoms with Crippen molar-refractivity contribution in [1.29, 1.82) is 0 Å². The third kappa shape index (κ3) is 4.10. The van der Waals surface area contributed by atoms with Gasteiger partial charge in [-0.05, 0) is 32.0 Å². The van der Waals surface area contributed by atoms with E-state index >= 15 is 0 Å². The average Bonchev–Trinajstić information content (AvgIpc) is 2.81. The van der Waals surface area contributed by atoms with Gasteiger partial charge in [0.25, 0.3) is 0 Å². The molecule has 0 bridgehead atoms. The quantitative estimate of drug-likeness (QED) is 0.844. The normalized spacial score (nSPS) is 11.5. The molecule has 0 aliphatic rings. The van der Waals surface area contributed by atoms with E-state index in [4.69, 9.17) is 23.2 Å². The maximum absolute atomic E-state index is 5.97. The minimum absolute atomic E-state index is 0.504. The Labute approximate surface area is 132 Å². The highest BCUT2D eigenvalue weighted by atomic mass is 35.5. The number of halogens is 2. The summed E-state index contributed by atoms with van der Waals surface area (Å²) in [5.41, 5.74) is 1.86. The first-order valence-corrected chi connectivity index (χ1v) is 7.59. The van der Waals surface area contributed by atoms with E-state index in [1.165, 1.54) is 11.5 Å². The lowest BCUT2D eigenvalue weighted by molar-refractivity contribution is 0.860. The van der Waals surface area contributed by atoms with Crippen molar-refractivity contribution >= 4 is 51.6 Å². The zero-order valence-electron chi connectivity index (χ0n) is 11.1. The van der Waals surface area contributed by atoms with E-state index in [-0.39, 0.29) is 0 Å². The van der Waals surface area contributed by atoms with Crippen LogP contribution in [0.15, 0.2) is 23.9 Å². The summed E-state index contributed by atoms with van der Waals surface area (Å²) in [5.74, 6) is 0.677. The highest BCUT2D eigenvalue weighted by Crippen LogP contribution is 2.27. The molecule has 2 rings (SSSR count). The lowest BCUT2D eigenvalue weighted by atomic mass is 10.3. The number of allylic oxidation sites excluding steroid dienone is 1. The second-order valence-electron chi connectivity index (χ2n) is 4.07. The Hall–Kier alpha value is -1.30. The molecule has 4 nitrogen and oxygen atoms in total. The second kappa shape index (κ2) is 6.92. The van der Waals surface area contributed by atoms with Crippen molar-refractivity contribution in [3.8, 4) is 0 Å². The van der Waals surface area contributed by atoms with Gasteiger partial charge in [-0.15, -0.1) is 0 Å². The van der Waals surface area contributed by atoms with Gasteiger partial charge in [-0.1, -0.05) is 23.2 Å². The van der Waals surface area contributed by atoms with E-state index in [1.54, 1.807) is 12.1 Å². The number of rotatable bonds is 5. The first-order chi connectivity index (χ1) is 9.58. The minimum atomic E-state index is 0.504. The van der Waals surface area contributed by atoms with Gasteiger partial charge in [0.15, 0.2) is 5.82 Å². The van der Waals surface area contributed by atoms with Crippen LogP contribution in [0.2, 0.25) is 10.0 Å². The molecular formula is C13H14Cl2N4S. The summed E-state index contributed by atoms with van der Waals surface area (Å²) in [5, 5.41) is 8.09. The maximum atomic E-state index is 5.97. The first-order valence-electron chi connectivity index (χ1n) is 6.06. The number of hydrogen-bond donors (Lipinski definition) is 2. The van der Waals surface area contributed by atoms with E-state index in [0.717, 1.165) is 17.9 Å². The Kier molecular flexibility index (Phi) is 5.23. The topological polar surface area (TPSA) is 49.8 Å². The summed E-state index contributed by atoms with van der Waals surface area (Å²) in [6, 6.07) is 5.34. The molecule has 0 saturated heterocycles. The Morgan fingerprint density at radius 3 is 2.85 bits per heavy atom. The van der Waals surface area contributed by atoms with Crippen LogP contribution in [0.1, 0.15) is 19.7 Å². The van der Waals surface area contributed by atoms with Crippen LogP contribution in [0.4, 0.5) is 10.8 Å². The molecule has 0 atom stereocenters. The lowest BCUT2D eigenvalue weighted by Gasteiger charge is -2.03. The SMILES string of the molecule is CCNC(C)=Cc1nsc(Nc2ccc(Cl)c(Cl)c2)n1. The van der Waals surface area contributed by atoms with Crippen LogP contribution in [-0.4, -0.2) is 15.9 Å². The molecule has 0 spiro atoms. The van der Waals surface area contributed by atoms with Crippen molar-refractivity contribution in [3.05, 3.63) is 39.8 Å². The lowest BCUT2D eigenvalue weighted by Crippen LogP contribution is -2.08. The molecule has 0 aliphatic carbocycles. The van der Waals surface area contributed by atoms with Crippen molar-refractivity contribution in [1.82, 2.24) is 14.7 Å². The van der Waals surface area contributed by atoms with E-state index in [2.05, 4.69) is 20.0 Å². The molecular weight excluding hydrogens is 315 g/mol. The summed E-state index contributed by atoms with van der Waals surface area (Å²) >= 11 is 13.1. The summed E-state index contributed by atoms with van der Waals surface area (Å²) in [7, 11) is 0. The van der Waals surface area contributed by atoms with Gasteiger partial charge >= 0.3 is 0 Å². The maximum Gasteiger partial charge on any atom is 0.207 e. The van der Waals surface area contributed by atoms with E-state index in [1.807, 2.05) is 26.0 Å². The molecule has 106 valence electrons. The van der Waals surface area contributed by atoms with E-state index in [0.29, 0.717) is 21.0 Å². The predicted octanol–water partition coefficient (Wildman–Crippen LogP) is 4.56. The van der Waals surface area contributed by atoms with Crippen LogP contribution >= 0.6 is 34.7 Å². The standard InChI is InChI=1S/C13H14Cl2N4S/c1-3-16-8(2)6-12-18-13(20-19-12)17-9-4-5-10(14)11(15)7-9/h4-7,16H,3H2,1-2H3,(H,17,18,19). The molecule has 0 fully saturated rings. The van der Waals surface area contributed by atoms with Gasteiger partial charge < -0.3 is 10.6 Å². The summed E-state index contributed by atoms with van der Waals surface area (Å²) in [6.45, 7) is 4.90. The van der Waals surface area contributed by atoms with Crippen molar-refractivity contribution < 1.29 is 0 Å². The minimum Gasteiger partial charge on any atom is -0.389 e. The predicted molar refractivity (Wildman–Crippen MR) is 87.0 cm³/mol. The van der Waals surface area contributed by atoms with E-state index in [9.17, 15) is 0 Å². The molecule has 1 heterocycles. The number of benzene rings is 1. The van der Waals surface area contributed by atoms with Crippen LogP contribution in [0.25, 0.3) is 6.08 Å². The van der Waals surface area contributed by atoms with Crippen LogP contribution in [-0.2, 0) is 0 Å². The van der Waals surface area contributed by atoms with Gasteiger partial charge in [-0.2, -0.15) is 9.36 Å². The molecule has 0 amide bonds. The molecule has 0 aliphatic heterocycles. The summed E-state index contributed by atoms with van der Waals surface area (Å²) in [6.07, 6.45) is 1.90. The molecule has 0 radical (unpaired) electrons. The fourth-order valence-corrected chi connectivity index (χ4v) is 2.43. The third-order valence-corrected chi connectivity index (χ3v) is 3.80. The van der Waals surface area contributed by atoms with Gasteiger partial charge in [0.05, 0.1) is 10.0 Å². The molecule has 20 heavy (non-hydrogen) atoms. The Morgan fingerprint density at radius 1 is 1.35 bits per heavy atom. The second-order valence-corrected chi connectivity index (χ2v) is 5.64. The highest BCUT2D eigenvalue weighted by molar-refractivity contribution is 7.09. The Balaban J connectivity index is 2.09. The Morgan fingerprint density at radius 2 is 2.15 bits per heavy atom. The molecule has 2 aromatic rings. The molecule has 0 saturated carbocycles. The van der Waals surface area contributed by atoms with Crippen LogP contribution in [0.3, 0.4) is 0 Å². The van der Waals surface area contributed by atoms with Crippen LogP contribution in [0, 0.1) is 0 Å². The number of hydrogen-bond acceptors (Lipinski definition) is 5. The molecule has 0 unspecified atom stereocenters. The van der Waals surface area contributed by atoms with Crippen molar-refractivity contribution in [2.75, 3.05) is 11.9 Å². The molecule has 1 aromatic heterocycles. The largest absolute Gasteiger partial charge is 0.389 e. The van der Waals surface area contributed by atoms with Gasteiger partial charge in [-0.3, -0.25) is 0 Å². The first kappa shape index (κ1) is 15.1.